The number of para-hydroxylation sites is 1. The number of fused-ring (bicyclic) bond motifs is 1. The molecule has 0 atom stereocenters. The first-order valence-corrected chi connectivity index (χ1v) is 7.95. The van der Waals surface area contributed by atoms with E-state index >= 15 is 0 Å². The first kappa shape index (κ1) is 13.2. The largest absolute Gasteiger partial charge is 0.361 e. The van der Waals surface area contributed by atoms with Gasteiger partial charge < -0.3 is 5.32 Å². The van der Waals surface area contributed by atoms with E-state index in [1.807, 2.05) is 29.8 Å². The minimum absolute atomic E-state index is 0.203. The van der Waals surface area contributed by atoms with Crippen molar-refractivity contribution in [2.75, 3.05) is 5.32 Å². The topological polar surface area (TPSA) is 54.4 Å². The van der Waals surface area contributed by atoms with Crippen LogP contribution in [-0.2, 0) is 11.2 Å². The number of allylic oxidation sites excluding steroid dienone is 2. The van der Waals surface area contributed by atoms with Gasteiger partial charge >= 0.3 is 0 Å². The van der Waals surface area contributed by atoms with Crippen molar-refractivity contribution in [1.29, 1.82) is 0 Å². The van der Waals surface area contributed by atoms with E-state index in [4.69, 9.17) is 0 Å². The Hall–Kier alpha value is -2.53. The summed E-state index contributed by atoms with van der Waals surface area (Å²) >= 11 is 1.54. The van der Waals surface area contributed by atoms with Crippen LogP contribution in [0.2, 0.25) is 0 Å². The van der Waals surface area contributed by atoms with E-state index < -0.39 is 0 Å². The summed E-state index contributed by atoms with van der Waals surface area (Å²) in [4.78, 5) is 20.1. The highest BCUT2D eigenvalue weighted by atomic mass is 32.1. The molecule has 2 aliphatic heterocycles. The number of dihydropyridines is 1. The lowest BCUT2D eigenvalue weighted by Gasteiger charge is -2.16. The van der Waals surface area contributed by atoms with Crippen molar-refractivity contribution < 1.29 is 4.79 Å². The molecule has 3 heterocycles. The summed E-state index contributed by atoms with van der Waals surface area (Å²) in [6.45, 7) is 0. The smallest absolute Gasteiger partial charge is 0.269 e. The molecule has 0 unspecified atom stereocenters. The Kier molecular flexibility index (Phi) is 3.20. The van der Waals surface area contributed by atoms with Crippen molar-refractivity contribution >= 4 is 34.2 Å². The molecule has 4 rings (SSSR count). The third kappa shape index (κ3) is 2.40. The van der Waals surface area contributed by atoms with Crippen LogP contribution in [0.25, 0.3) is 5.57 Å². The quantitative estimate of drug-likeness (QED) is 0.925. The van der Waals surface area contributed by atoms with Crippen LogP contribution in [0.5, 0.6) is 0 Å². The average Bonchev–Trinajstić information content (AvgIpc) is 3.04. The van der Waals surface area contributed by atoms with Gasteiger partial charge in [0.2, 0.25) is 0 Å². The molecule has 0 bridgehead atoms. The molecule has 2 aliphatic rings. The monoisotopic (exact) mass is 307 g/mol. The lowest BCUT2D eigenvalue weighted by molar-refractivity contribution is -0.113. The van der Waals surface area contributed by atoms with E-state index in [1.54, 1.807) is 0 Å². The fraction of sp³-hybridized carbons (Fsp3) is 0.118. The summed E-state index contributed by atoms with van der Waals surface area (Å²) in [6.07, 6.45) is 6.87. The van der Waals surface area contributed by atoms with Crippen LogP contribution in [-0.4, -0.2) is 16.6 Å². The molecule has 0 saturated heterocycles. The summed E-state index contributed by atoms with van der Waals surface area (Å²) < 4.78 is 0. The minimum atomic E-state index is -0.203. The summed E-state index contributed by atoms with van der Waals surface area (Å²) in [6, 6.07) is 8.27. The van der Waals surface area contributed by atoms with E-state index in [1.165, 1.54) is 23.0 Å². The average molecular weight is 307 g/mol. The summed E-state index contributed by atoms with van der Waals surface area (Å²) in [5.41, 5.74) is 5.27. The van der Waals surface area contributed by atoms with Crippen LogP contribution in [0.1, 0.15) is 22.7 Å². The Labute approximate surface area is 131 Å². The number of benzene rings is 1. The lowest BCUT2D eigenvalue weighted by atomic mass is 9.99. The van der Waals surface area contributed by atoms with Crippen molar-refractivity contribution in [3.8, 4) is 0 Å². The van der Waals surface area contributed by atoms with Gasteiger partial charge in [0.1, 0.15) is 5.01 Å². The van der Waals surface area contributed by atoms with E-state index in [-0.39, 0.29) is 5.91 Å². The van der Waals surface area contributed by atoms with E-state index in [0.29, 0.717) is 6.42 Å². The number of aliphatic imine (C=N–C) groups is 1. The highest BCUT2D eigenvalue weighted by Gasteiger charge is 2.17. The number of nitrogens with zero attached hydrogens (tertiary/aromatic N) is 2. The van der Waals surface area contributed by atoms with Crippen LogP contribution in [0.15, 0.2) is 53.0 Å². The zero-order chi connectivity index (χ0) is 14.9. The van der Waals surface area contributed by atoms with Gasteiger partial charge in [-0.3, -0.25) is 4.79 Å². The van der Waals surface area contributed by atoms with Gasteiger partial charge in [-0.05, 0) is 17.2 Å². The Morgan fingerprint density at radius 1 is 1.23 bits per heavy atom. The van der Waals surface area contributed by atoms with Crippen molar-refractivity contribution in [1.82, 2.24) is 4.98 Å². The molecular formula is C17H13N3OS. The fourth-order valence-corrected chi connectivity index (χ4v) is 3.42. The van der Waals surface area contributed by atoms with Crippen molar-refractivity contribution in [2.45, 2.75) is 12.8 Å². The number of amides is 1. The zero-order valence-corrected chi connectivity index (χ0v) is 12.6. The number of carbonyl (C=O) groups excluding carboxylic acids is 1. The minimum Gasteiger partial charge on any atom is -0.361 e. The lowest BCUT2D eigenvalue weighted by Crippen LogP contribution is -2.08. The molecule has 22 heavy (non-hydrogen) atoms. The normalized spacial score (nSPS) is 16.6. The summed E-state index contributed by atoms with van der Waals surface area (Å²) in [5.74, 6) is -0.203. The van der Waals surface area contributed by atoms with E-state index in [0.717, 1.165) is 34.1 Å². The molecule has 1 N–H and O–H groups in total. The van der Waals surface area contributed by atoms with Gasteiger partial charge in [0.15, 0.2) is 0 Å². The molecule has 5 heteroatoms. The predicted molar refractivity (Wildman–Crippen MR) is 89.2 cm³/mol. The maximum absolute atomic E-state index is 11.4. The first-order chi connectivity index (χ1) is 10.8. The standard InChI is InChI=1S/C17H13N3OS/c21-16-7-3-6-14(19-16)17-20-15(10-22-17)12-8-11-4-1-2-5-13(11)18-9-12/h1-5,7,9-10,18H,6,8H2. The molecule has 108 valence electrons. The maximum atomic E-state index is 11.4. The van der Waals surface area contributed by atoms with Crippen LogP contribution < -0.4 is 5.32 Å². The van der Waals surface area contributed by atoms with Crippen LogP contribution in [0, 0.1) is 0 Å². The molecule has 0 fully saturated rings. The molecule has 0 spiro atoms. The maximum Gasteiger partial charge on any atom is 0.269 e. The fourth-order valence-electron chi connectivity index (χ4n) is 2.58. The second-order valence-corrected chi connectivity index (χ2v) is 6.05. The van der Waals surface area contributed by atoms with Crippen LogP contribution >= 0.6 is 11.3 Å². The second kappa shape index (κ2) is 5.35. The molecule has 0 saturated carbocycles. The third-order valence-electron chi connectivity index (χ3n) is 3.70. The van der Waals surface area contributed by atoms with Gasteiger partial charge in [-0.2, -0.15) is 0 Å². The number of aromatic nitrogens is 1. The summed E-state index contributed by atoms with van der Waals surface area (Å²) in [7, 11) is 0. The summed E-state index contributed by atoms with van der Waals surface area (Å²) in [5, 5.41) is 6.17. The molecule has 4 nitrogen and oxygen atoms in total. The van der Waals surface area contributed by atoms with Crippen molar-refractivity contribution in [3.05, 3.63) is 64.3 Å². The number of thiazole rings is 1. The van der Waals surface area contributed by atoms with Gasteiger partial charge in [-0.15, -0.1) is 11.3 Å². The molecule has 0 aliphatic carbocycles. The highest BCUT2D eigenvalue weighted by molar-refractivity contribution is 7.12. The molecule has 1 aromatic carbocycles. The Bertz CT molecular complexity index is 845. The number of nitrogens with one attached hydrogen (secondary N) is 1. The van der Waals surface area contributed by atoms with Gasteiger partial charge in [0, 0.05) is 36.2 Å². The van der Waals surface area contributed by atoms with Gasteiger partial charge in [0.25, 0.3) is 5.91 Å². The second-order valence-electron chi connectivity index (χ2n) is 5.19. The Balaban J connectivity index is 1.61. The molecule has 1 aromatic heterocycles. The van der Waals surface area contributed by atoms with Gasteiger partial charge in [-0.25, -0.2) is 9.98 Å². The van der Waals surface area contributed by atoms with Gasteiger partial charge in [-0.1, -0.05) is 24.3 Å². The zero-order valence-electron chi connectivity index (χ0n) is 11.7. The molecule has 0 radical (unpaired) electrons. The van der Waals surface area contributed by atoms with E-state index in [9.17, 15) is 4.79 Å². The predicted octanol–water partition coefficient (Wildman–Crippen LogP) is 3.43. The Morgan fingerprint density at radius 3 is 3.05 bits per heavy atom. The molecule has 2 aromatic rings. The van der Waals surface area contributed by atoms with E-state index in [2.05, 4.69) is 27.4 Å². The first-order valence-electron chi connectivity index (χ1n) is 7.07. The molecular weight excluding hydrogens is 294 g/mol. The van der Waals surface area contributed by atoms with Crippen LogP contribution in [0.4, 0.5) is 5.69 Å². The van der Waals surface area contributed by atoms with Crippen LogP contribution in [0.3, 0.4) is 0 Å². The van der Waals surface area contributed by atoms with Crippen molar-refractivity contribution in [3.63, 3.8) is 0 Å². The number of rotatable bonds is 2. The number of carbonyl (C=O) groups is 1. The number of hydrogen-bond acceptors (Lipinski definition) is 4. The third-order valence-corrected chi connectivity index (χ3v) is 4.59. The highest BCUT2D eigenvalue weighted by Crippen LogP contribution is 2.30. The van der Waals surface area contributed by atoms with Gasteiger partial charge in [0.05, 0.1) is 11.4 Å². The number of hydrogen-bond donors (Lipinski definition) is 1. The van der Waals surface area contributed by atoms with Crippen molar-refractivity contribution in [2.24, 2.45) is 4.99 Å². The Morgan fingerprint density at radius 2 is 2.14 bits per heavy atom. The SMILES string of the molecule is O=C1C=CCC(c2nc(C3=CNc4ccccc4C3)cs2)=N1. The molecule has 1 amide bonds. The number of anilines is 1.